The van der Waals surface area contributed by atoms with E-state index in [2.05, 4.69) is 5.10 Å². The number of rotatable bonds is 2. The zero-order valence-electron chi connectivity index (χ0n) is 12.0. The van der Waals surface area contributed by atoms with Crippen molar-refractivity contribution in [3.05, 3.63) is 34.5 Å². The minimum Gasteiger partial charge on any atom is -0.272 e. The van der Waals surface area contributed by atoms with E-state index in [-0.39, 0.29) is 5.69 Å². The number of non-ortho nitro benzene ring substituents is 1. The van der Waals surface area contributed by atoms with Gasteiger partial charge in [-0.15, -0.1) is 0 Å². The Kier molecular flexibility index (Phi) is 1.01. The highest BCUT2D eigenvalue weighted by Crippen LogP contribution is 2.19. The van der Waals surface area contributed by atoms with Crippen LogP contribution in [0.25, 0.3) is 10.9 Å². The summed E-state index contributed by atoms with van der Waals surface area (Å²) in [5, 5.41) is 14.7. The Balaban J connectivity index is 2.56. The lowest BCUT2D eigenvalue weighted by Crippen LogP contribution is -1.92. The lowest BCUT2D eigenvalue weighted by atomic mass is 10.2. The van der Waals surface area contributed by atoms with Gasteiger partial charge in [-0.05, 0) is 12.9 Å². The van der Waals surface area contributed by atoms with E-state index in [0.29, 0.717) is 15.6 Å². The van der Waals surface area contributed by atoms with Crippen LogP contribution < -0.4 is 0 Å². The summed E-state index contributed by atoms with van der Waals surface area (Å²) in [7, 11) is 0. The average Bonchev–Trinajstić information content (AvgIpc) is 2.70. The zero-order valence-corrected chi connectivity index (χ0v) is 6.97. The highest BCUT2D eigenvalue weighted by atomic mass is 16.6. The maximum Gasteiger partial charge on any atom is 0.270 e. The molecule has 14 heavy (non-hydrogen) atoms. The predicted octanol–water partition coefficient (Wildman–Crippen LogP) is 1.96. The van der Waals surface area contributed by atoms with Gasteiger partial charge in [0, 0.05) is 34.3 Å². The Morgan fingerprint density at radius 1 is 1.79 bits per heavy atom. The van der Waals surface area contributed by atoms with Gasteiger partial charge in [0.05, 0.1) is 13.2 Å². The van der Waals surface area contributed by atoms with Gasteiger partial charge in [-0.25, -0.2) is 0 Å². The maximum absolute atomic E-state index is 10.6. The van der Waals surface area contributed by atoms with E-state index in [0.717, 1.165) is 6.20 Å². The van der Waals surface area contributed by atoms with Gasteiger partial charge in [0.25, 0.3) is 5.69 Å². The number of aromatic nitrogens is 2. The van der Waals surface area contributed by atoms with Crippen molar-refractivity contribution >= 4 is 16.6 Å². The SMILES string of the molecule is [2H]C([2H])([2H])C([2H])([2H])n1cc2cc([N+](=O)[O-])ccc2n1. The molecule has 0 aliphatic carbocycles. The van der Waals surface area contributed by atoms with Gasteiger partial charge in [-0.1, -0.05) is 0 Å². The fourth-order valence-electron chi connectivity index (χ4n) is 1.18. The van der Waals surface area contributed by atoms with Crippen LogP contribution in [0.1, 0.15) is 13.7 Å². The van der Waals surface area contributed by atoms with Crippen molar-refractivity contribution in [2.75, 3.05) is 0 Å². The van der Waals surface area contributed by atoms with Gasteiger partial charge in [-0.2, -0.15) is 5.10 Å². The summed E-state index contributed by atoms with van der Waals surface area (Å²) in [5.41, 5.74) is 0.125. The fourth-order valence-corrected chi connectivity index (χ4v) is 1.18. The van der Waals surface area contributed by atoms with Crippen molar-refractivity contribution < 1.29 is 11.8 Å². The molecule has 2 aromatic rings. The highest BCUT2D eigenvalue weighted by molar-refractivity contribution is 5.80. The minimum atomic E-state index is -2.89. The Hall–Kier alpha value is -1.91. The summed E-state index contributed by atoms with van der Waals surface area (Å²) < 4.78 is 37.2. The van der Waals surface area contributed by atoms with Crippen LogP contribution in [0.15, 0.2) is 24.4 Å². The van der Waals surface area contributed by atoms with Gasteiger partial charge >= 0.3 is 0 Å². The molecule has 5 heteroatoms. The number of fused-ring (bicyclic) bond motifs is 1. The van der Waals surface area contributed by atoms with E-state index >= 15 is 0 Å². The van der Waals surface area contributed by atoms with Crippen LogP contribution in [0, 0.1) is 10.1 Å². The van der Waals surface area contributed by atoms with Crippen LogP contribution in [-0.4, -0.2) is 14.7 Å². The number of hydrogen-bond donors (Lipinski definition) is 0. The second-order valence-corrected chi connectivity index (χ2v) is 2.69. The van der Waals surface area contributed by atoms with Gasteiger partial charge in [-0.3, -0.25) is 14.8 Å². The number of benzene rings is 1. The molecule has 2 rings (SSSR count). The smallest absolute Gasteiger partial charge is 0.270 e. The van der Waals surface area contributed by atoms with Gasteiger partial charge in [0.15, 0.2) is 0 Å². The molecule has 0 bridgehead atoms. The minimum absolute atomic E-state index is 0.165. The molecule has 0 unspecified atom stereocenters. The first-order chi connectivity index (χ1) is 8.63. The van der Waals surface area contributed by atoms with Crippen LogP contribution in [0.3, 0.4) is 0 Å². The van der Waals surface area contributed by atoms with Crippen molar-refractivity contribution in [1.82, 2.24) is 9.78 Å². The quantitative estimate of drug-likeness (QED) is 0.545. The summed E-state index contributed by atoms with van der Waals surface area (Å²) in [4.78, 5) is 10.0. The van der Waals surface area contributed by atoms with Crippen molar-refractivity contribution in [2.45, 2.75) is 13.3 Å². The molecule has 0 amide bonds. The number of nitro benzene ring substituents is 1. The monoisotopic (exact) mass is 196 g/mol. The maximum atomic E-state index is 10.6. The molecule has 72 valence electrons. The van der Waals surface area contributed by atoms with Crippen LogP contribution in [-0.2, 0) is 6.50 Å². The molecule has 1 heterocycles. The summed E-state index contributed by atoms with van der Waals surface area (Å²) in [6.45, 7) is -5.57. The lowest BCUT2D eigenvalue weighted by Gasteiger charge is -1.89. The third-order valence-corrected chi connectivity index (χ3v) is 1.81. The molecule has 0 saturated carbocycles. The van der Waals surface area contributed by atoms with E-state index in [4.69, 9.17) is 6.85 Å². The molecule has 1 aromatic carbocycles. The molecule has 0 saturated heterocycles. The topological polar surface area (TPSA) is 61.0 Å². The predicted molar refractivity (Wildman–Crippen MR) is 52.1 cm³/mol. The van der Waals surface area contributed by atoms with Gasteiger partial charge < -0.3 is 0 Å². The number of hydrogen-bond acceptors (Lipinski definition) is 3. The molecule has 0 atom stereocenters. The Bertz CT molecular complexity index is 649. The fraction of sp³-hybridized carbons (Fsp3) is 0.222. The summed E-state index contributed by atoms with van der Waals surface area (Å²) >= 11 is 0. The first-order valence-corrected chi connectivity index (χ1v) is 3.77. The molecular formula is C9H9N3O2. The molecule has 0 aliphatic rings. The Morgan fingerprint density at radius 2 is 2.64 bits per heavy atom. The van der Waals surface area contributed by atoms with Crippen molar-refractivity contribution in [2.24, 2.45) is 0 Å². The van der Waals surface area contributed by atoms with Crippen LogP contribution in [0.2, 0.25) is 0 Å². The van der Waals surface area contributed by atoms with Crippen LogP contribution >= 0.6 is 0 Å². The van der Waals surface area contributed by atoms with Crippen molar-refractivity contribution in [3.63, 3.8) is 0 Å². The second-order valence-electron chi connectivity index (χ2n) is 2.69. The third-order valence-electron chi connectivity index (χ3n) is 1.81. The molecular weight excluding hydrogens is 182 g/mol. The van der Waals surface area contributed by atoms with E-state index < -0.39 is 18.3 Å². The second kappa shape index (κ2) is 3.10. The van der Waals surface area contributed by atoms with E-state index in [9.17, 15) is 10.1 Å². The molecule has 0 fully saturated rings. The lowest BCUT2D eigenvalue weighted by molar-refractivity contribution is -0.384. The third kappa shape index (κ3) is 1.32. The zero-order chi connectivity index (χ0) is 14.4. The number of nitro groups is 1. The standard InChI is InChI=1S/C9H9N3O2/c1-2-11-6-7-5-8(12(13)14)3-4-9(7)10-11/h3-6H,2H2,1H3/i1D3,2D2. The van der Waals surface area contributed by atoms with E-state index in [1.54, 1.807) is 0 Å². The number of nitrogens with zero attached hydrogens (tertiary/aromatic N) is 3. The molecule has 0 spiro atoms. The van der Waals surface area contributed by atoms with Gasteiger partial charge in [0.2, 0.25) is 0 Å². The normalized spacial score (nSPS) is 17.9. The summed E-state index contributed by atoms with van der Waals surface area (Å²) in [6, 6.07) is 3.79. The molecule has 1 aromatic heterocycles. The van der Waals surface area contributed by atoms with Crippen LogP contribution in [0.4, 0.5) is 5.69 Å². The van der Waals surface area contributed by atoms with Crippen LogP contribution in [0.5, 0.6) is 0 Å². The molecule has 5 nitrogen and oxygen atoms in total. The van der Waals surface area contributed by atoms with Crippen molar-refractivity contribution in [1.29, 1.82) is 0 Å². The molecule has 0 N–H and O–H groups in total. The molecule has 0 aliphatic heterocycles. The van der Waals surface area contributed by atoms with Crippen molar-refractivity contribution in [3.8, 4) is 0 Å². The highest BCUT2D eigenvalue weighted by Gasteiger charge is 2.07. The Labute approximate surface area is 87.1 Å². The first kappa shape index (κ1) is 4.54. The van der Waals surface area contributed by atoms with Gasteiger partial charge in [0.1, 0.15) is 0 Å². The first-order valence-electron chi connectivity index (χ1n) is 6.27. The number of aryl methyl sites for hydroxylation is 1. The molecule has 0 radical (unpaired) electrons. The van der Waals surface area contributed by atoms with E-state index in [1.807, 2.05) is 0 Å². The average molecular weight is 196 g/mol. The van der Waals surface area contributed by atoms with E-state index in [1.165, 1.54) is 18.2 Å². The Morgan fingerprint density at radius 3 is 3.36 bits per heavy atom. The summed E-state index contributed by atoms with van der Waals surface area (Å²) in [6.07, 6.45) is 1.15. The largest absolute Gasteiger partial charge is 0.272 e. The summed E-state index contributed by atoms with van der Waals surface area (Å²) in [5.74, 6) is 0.